The lowest BCUT2D eigenvalue weighted by molar-refractivity contribution is 0.816. The average Bonchev–Trinajstić information content (AvgIpc) is 1.90. The van der Waals surface area contributed by atoms with E-state index in [9.17, 15) is 0 Å². The van der Waals surface area contributed by atoms with Gasteiger partial charge in [0.05, 0.1) is 0 Å². The number of allylic oxidation sites excluding steroid dienone is 1. The van der Waals surface area contributed by atoms with Crippen LogP contribution in [0.5, 0.6) is 0 Å². The van der Waals surface area contributed by atoms with E-state index in [0.717, 1.165) is 19.5 Å². The van der Waals surface area contributed by atoms with E-state index in [1.807, 2.05) is 0 Å². The highest BCUT2D eigenvalue weighted by molar-refractivity contribution is 4.92. The normalized spacial score (nSPS) is 21.7. The van der Waals surface area contributed by atoms with Crippen LogP contribution in [0.3, 0.4) is 0 Å². The molecule has 0 fully saturated rings. The van der Waals surface area contributed by atoms with Crippen molar-refractivity contribution in [2.45, 2.75) is 6.42 Å². The van der Waals surface area contributed by atoms with Crippen LogP contribution in [-0.4, -0.2) is 13.1 Å². The molecule has 39 valence electrons. The predicted octanol–water partition coefficient (Wildman–Crippen LogP) is 0.740. The van der Waals surface area contributed by atoms with E-state index in [1.54, 1.807) is 0 Å². The van der Waals surface area contributed by atoms with E-state index in [1.165, 1.54) is 0 Å². The van der Waals surface area contributed by atoms with Crippen molar-refractivity contribution in [3.63, 3.8) is 0 Å². The molecule has 1 aliphatic heterocycles. The Morgan fingerprint density at radius 1 is 1.14 bits per heavy atom. The molecule has 1 heteroatoms. The van der Waals surface area contributed by atoms with Crippen LogP contribution in [-0.2, 0) is 0 Å². The van der Waals surface area contributed by atoms with Gasteiger partial charge in [0.25, 0.3) is 0 Å². The summed E-state index contributed by atoms with van der Waals surface area (Å²) in [5.41, 5.74) is 0. The lowest BCUT2D eigenvalue weighted by Crippen LogP contribution is -2.12. The minimum atomic E-state index is 1.04. The first-order chi connectivity index (χ1) is 3.50. The van der Waals surface area contributed by atoms with E-state index in [-0.39, 0.29) is 0 Å². The van der Waals surface area contributed by atoms with Crippen molar-refractivity contribution >= 4 is 0 Å². The van der Waals surface area contributed by atoms with Gasteiger partial charge in [0.15, 0.2) is 0 Å². The fraction of sp³-hybridized carbons (Fsp3) is 0.500. The third kappa shape index (κ3) is 1.74. The lowest BCUT2D eigenvalue weighted by Gasteiger charge is -1.90. The molecule has 0 aromatic carbocycles. The highest BCUT2D eigenvalue weighted by Gasteiger charge is 1.87. The summed E-state index contributed by atoms with van der Waals surface area (Å²) < 4.78 is 0. The van der Waals surface area contributed by atoms with Gasteiger partial charge in [-0.15, -0.1) is 0 Å². The second-order valence-corrected chi connectivity index (χ2v) is 1.65. The molecular formula is C6H10N. The van der Waals surface area contributed by atoms with Crippen LogP contribution >= 0.6 is 0 Å². The van der Waals surface area contributed by atoms with Gasteiger partial charge in [0.2, 0.25) is 0 Å². The highest BCUT2D eigenvalue weighted by atomic mass is 14.8. The maximum absolute atomic E-state index is 3.20. The zero-order valence-electron chi connectivity index (χ0n) is 4.35. The van der Waals surface area contributed by atoms with Crippen LogP contribution in [0.25, 0.3) is 0 Å². The molecular weight excluding hydrogens is 86.1 g/mol. The molecule has 0 bridgehead atoms. The zero-order chi connectivity index (χ0) is 4.95. The molecule has 1 heterocycles. The van der Waals surface area contributed by atoms with E-state index in [0.29, 0.717) is 0 Å². The van der Waals surface area contributed by atoms with Crippen molar-refractivity contribution in [3.8, 4) is 0 Å². The SMILES string of the molecule is [CH]1CC=CCNC1. The van der Waals surface area contributed by atoms with Crippen molar-refractivity contribution in [2.24, 2.45) is 0 Å². The summed E-state index contributed by atoms with van der Waals surface area (Å²) in [6.07, 6.45) is 7.69. The molecule has 0 spiro atoms. The average molecular weight is 96.2 g/mol. The monoisotopic (exact) mass is 96.1 g/mol. The van der Waals surface area contributed by atoms with E-state index < -0.39 is 0 Å². The number of hydrogen-bond donors (Lipinski definition) is 1. The summed E-state index contributed by atoms with van der Waals surface area (Å²) in [5, 5.41) is 3.20. The van der Waals surface area contributed by atoms with Gasteiger partial charge in [-0.1, -0.05) is 12.2 Å². The van der Waals surface area contributed by atoms with Crippen molar-refractivity contribution in [3.05, 3.63) is 18.6 Å². The number of rotatable bonds is 0. The van der Waals surface area contributed by atoms with Crippen molar-refractivity contribution in [1.29, 1.82) is 0 Å². The van der Waals surface area contributed by atoms with Crippen LogP contribution < -0.4 is 5.32 Å². The van der Waals surface area contributed by atoms with Gasteiger partial charge in [0.1, 0.15) is 0 Å². The second-order valence-electron chi connectivity index (χ2n) is 1.65. The molecule has 0 unspecified atom stereocenters. The quantitative estimate of drug-likeness (QED) is 0.438. The first kappa shape index (κ1) is 4.85. The third-order valence-corrected chi connectivity index (χ3v) is 1.02. The first-order valence-electron chi connectivity index (χ1n) is 2.67. The topological polar surface area (TPSA) is 12.0 Å². The van der Waals surface area contributed by atoms with Gasteiger partial charge >= 0.3 is 0 Å². The fourth-order valence-corrected chi connectivity index (χ4v) is 0.628. The Balaban J connectivity index is 2.20. The van der Waals surface area contributed by atoms with E-state index in [4.69, 9.17) is 0 Å². The molecule has 1 aliphatic rings. The van der Waals surface area contributed by atoms with Gasteiger partial charge in [0, 0.05) is 6.54 Å². The van der Waals surface area contributed by atoms with Crippen LogP contribution in [0.2, 0.25) is 0 Å². The molecule has 7 heavy (non-hydrogen) atoms. The molecule has 0 aromatic heterocycles. The lowest BCUT2D eigenvalue weighted by atomic mass is 10.3. The van der Waals surface area contributed by atoms with Gasteiger partial charge in [-0.3, -0.25) is 0 Å². The molecule has 0 saturated carbocycles. The van der Waals surface area contributed by atoms with Gasteiger partial charge in [-0.25, -0.2) is 0 Å². The molecule has 1 rings (SSSR count). The van der Waals surface area contributed by atoms with Crippen LogP contribution in [0.15, 0.2) is 12.2 Å². The van der Waals surface area contributed by atoms with Gasteiger partial charge in [-0.2, -0.15) is 0 Å². The number of hydrogen-bond acceptors (Lipinski definition) is 1. The Hall–Kier alpha value is -0.300. The molecule has 0 aromatic rings. The molecule has 0 aliphatic carbocycles. The highest BCUT2D eigenvalue weighted by Crippen LogP contribution is 1.90. The summed E-state index contributed by atoms with van der Waals surface area (Å²) in [7, 11) is 0. The second kappa shape index (κ2) is 2.80. The molecule has 0 atom stereocenters. The zero-order valence-corrected chi connectivity index (χ0v) is 4.35. The van der Waals surface area contributed by atoms with Gasteiger partial charge in [-0.05, 0) is 19.4 Å². The molecule has 1 N–H and O–H groups in total. The minimum absolute atomic E-state index is 1.04. The number of nitrogens with one attached hydrogen (secondary N) is 1. The molecule has 1 radical (unpaired) electrons. The Kier molecular flexibility index (Phi) is 1.94. The first-order valence-corrected chi connectivity index (χ1v) is 2.67. The summed E-state index contributed by atoms with van der Waals surface area (Å²) in [6.45, 7) is 2.10. The predicted molar refractivity (Wildman–Crippen MR) is 30.9 cm³/mol. The Bertz CT molecular complexity index is 58.6. The summed E-state index contributed by atoms with van der Waals surface area (Å²) in [6, 6.07) is 0. The van der Waals surface area contributed by atoms with Crippen molar-refractivity contribution in [1.82, 2.24) is 5.32 Å². The van der Waals surface area contributed by atoms with Gasteiger partial charge < -0.3 is 5.32 Å². The van der Waals surface area contributed by atoms with Crippen LogP contribution in [0.4, 0.5) is 0 Å². The summed E-state index contributed by atoms with van der Waals surface area (Å²) in [5.74, 6) is 0. The summed E-state index contributed by atoms with van der Waals surface area (Å²) in [4.78, 5) is 0. The fourth-order valence-electron chi connectivity index (χ4n) is 0.628. The van der Waals surface area contributed by atoms with E-state index >= 15 is 0 Å². The summed E-state index contributed by atoms with van der Waals surface area (Å²) >= 11 is 0. The standard InChI is InChI=1S/C6H10N/c1-2-4-6-7-5-3-1/h1,3-4,7H,2,5-6H2. The Morgan fingerprint density at radius 3 is 3.14 bits per heavy atom. The van der Waals surface area contributed by atoms with E-state index in [2.05, 4.69) is 23.9 Å². The Morgan fingerprint density at radius 2 is 2.14 bits per heavy atom. The van der Waals surface area contributed by atoms with Crippen LogP contribution in [0, 0.1) is 6.42 Å². The molecule has 1 nitrogen and oxygen atoms in total. The van der Waals surface area contributed by atoms with Crippen LogP contribution in [0.1, 0.15) is 6.42 Å². The molecule has 0 saturated heterocycles. The smallest absolute Gasteiger partial charge is 0.0135 e. The third-order valence-electron chi connectivity index (χ3n) is 1.02. The maximum Gasteiger partial charge on any atom is 0.0135 e. The van der Waals surface area contributed by atoms with Crippen molar-refractivity contribution in [2.75, 3.05) is 13.1 Å². The molecule has 0 amide bonds. The minimum Gasteiger partial charge on any atom is -0.313 e. The van der Waals surface area contributed by atoms with Crippen molar-refractivity contribution < 1.29 is 0 Å². The largest absolute Gasteiger partial charge is 0.313 e. The Labute approximate surface area is 44.4 Å². The maximum atomic E-state index is 3.20.